The van der Waals surface area contributed by atoms with Crippen LogP contribution in [0.1, 0.15) is 37.3 Å². The topological polar surface area (TPSA) is 46.3 Å². The number of amides is 1. The van der Waals surface area contributed by atoms with E-state index in [4.69, 9.17) is 5.73 Å². The maximum atomic E-state index is 12.9. The quantitative estimate of drug-likeness (QED) is 0.928. The predicted molar refractivity (Wildman–Crippen MR) is 80.7 cm³/mol. The zero-order chi connectivity index (χ0) is 16.9. The Kier molecular flexibility index (Phi) is 3.71. The minimum absolute atomic E-state index is 0.0472. The van der Waals surface area contributed by atoms with Crippen LogP contribution in [0.15, 0.2) is 24.3 Å². The number of likely N-dealkylation sites (tertiary alicyclic amines) is 1. The maximum Gasteiger partial charge on any atom is 0.416 e. The van der Waals surface area contributed by atoms with Gasteiger partial charge in [0, 0.05) is 13.1 Å². The fourth-order valence-electron chi connectivity index (χ4n) is 3.41. The van der Waals surface area contributed by atoms with Crippen molar-refractivity contribution in [3.63, 3.8) is 0 Å². The van der Waals surface area contributed by atoms with E-state index in [0.717, 1.165) is 18.6 Å². The average molecular weight is 326 g/mol. The number of nitrogens with two attached hydrogens (primary N) is 1. The number of benzene rings is 1. The van der Waals surface area contributed by atoms with Gasteiger partial charge in [0.1, 0.15) is 0 Å². The Morgan fingerprint density at radius 3 is 2.52 bits per heavy atom. The van der Waals surface area contributed by atoms with E-state index in [0.29, 0.717) is 38.0 Å². The fraction of sp³-hybridized carbons (Fsp3) is 0.588. The first-order chi connectivity index (χ1) is 10.7. The van der Waals surface area contributed by atoms with E-state index in [1.54, 1.807) is 11.0 Å². The number of hydrogen-bond donors (Lipinski definition) is 1. The highest BCUT2D eigenvalue weighted by Crippen LogP contribution is 2.51. The molecule has 1 aliphatic carbocycles. The van der Waals surface area contributed by atoms with Crippen LogP contribution in [-0.4, -0.2) is 30.4 Å². The lowest BCUT2D eigenvalue weighted by molar-refractivity contribution is -0.138. The van der Waals surface area contributed by atoms with Crippen LogP contribution in [0.3, 0.4) is 0 Å². The summed E-state index contributed by atoms with van der Waals surface area (Å²) in [6.07, 6.45) is -2.32. The fourth-order valence-corrected chi connectivity index (χ4v) is 3.41. The molecule has 0 spiro atoms. The molecule has 0 bridgehead atoms. The molecule has 126 valence electrons. The van der Waals surface area contributed by atoms with Crippen LogP contribution in [0.4, 0.5) is 13.2 Å². The zero-order valence-corrected chi connectivity index (χ0v) is 13.1. The zero-order valence-electron chi connectivity index (χ0n) is 13.1. The lowest BCUT2D eigenvalue weighted by atomic mass is 9.90. The number of halogens is 3. The van der Waals surface area contributed by atoms with Crippen LogP contribution in [0.5, 0.6) is 0 Å². The molecule has 0 radical (unpaired) electrons. The Labute approximate surface area is 133 Å². The summed E-state index contributed by atoms with van der Waals surface area (Å²) in [6, 6.07) is 5.20. The first kappa shape index (κ1) is 16.3. The lowest BCUT2D eigenvalue weighted by Crippen LogP contribution is -2.40. The first-order valence-electron chi connectivity index (χ1n) is 7.87. The van der Waals surface area contributed by atoms with E-state index in [1.807, 2.05) is 6.92 Å². The number of carbonyl (C=O) groups excluding carboxylic acids is 1. The minimum atomic E-state index is -4.39. The van der Waals surface area contributed by atoms with Gasteiger partial charge in [-0.25, -0.2) is 0 Å². The minimum Gasteiger partial charge on any atom is -0.341 e. The molecule has 0 aromatic heterocycles. The van der Waals surface area contributed by atoms with Crippen molar-refractivity contribution in [2.45, 2.75) is 37.8 Å². The first-order valence-corrected chi connectivity index (χ1v) is 7.87. The van der Waals surface area contributed by atoms with E-state index in [9.17, 15) is 18.0 Å². The molecular formula is C17H21F3N2O. The van der Waals surface area contributed by atoms with Gasteiger partial charge in [-0.2, -0.15) is 13.2 Å². The molecule has 1 saturated carbocycles. The SMILES string of the molecule is CC1(CN)CCN(C(=O)C2(c3cccc(C(F)(F)F)c3)CC2)C1. The molecule has 1 aromatic rings. The molecule has 1 atom stereocenters. The van der Waals surface area contributed by atoms with Gasteiger partial charge in [-0.15, -0.1) is 0 Å². The second-order valence-corrected chi connectivity index (χ2v) is 7.15. The van der Waals surface area contributed by atoms with Gasteiger partial charge < -0.3 is 10.6 Å². The second-order valence-electron chi connectivity index (χ2n) is 7.15. The molecule has 3 nitrogen and oxygen atoms in total. The Morgan fingerprint density at radius 1 is 1.30 bits per heavy atom. The Morgan fingerprint density at radius 2 is 2.00 bits per heavy atom. The van der Waals surface area contributed by atoms with Crippen molar-refractivity contribution in [2.75, 3.05) is 19.6 Å². The Bertz CT molecular complexity index is 625. The van der Waals surface area contributed by atoms with Crippen molar-refractivity contribution < 1.29 is 18.0 Å². The summed E-state index contributed by atoms with van der Waals surface area (Å²) in [4.78, 5) is 14.7. The lowest BCUT2D eigenvalue weighted by Gasteiger charge is -2.26. The third-order valence-electron chi connectivity index (χ3n) is 5.24. The van der Waals surface area contributed by atoms with Gasteiger partial charge in [0.05, 0.1) is 11.0 Å². The van der Waals surface area contributed by atoms with Crippen LogP contribution >= 0.6 is 0 Å². The number of carbonyl (C=O) groups is 1. The summed E-state index contributed by atoms with van der Waals surface area (Å²) >= 11 is 0. The van der Waals surface area contributed by atoms with Gasteiger partial charge in [0.15, 0.2) is 0 Å². The molecule has 1 aromatic carbocycles. The number of rotatable bonds is 3. The summed E-state index contributed by atoms with van der Waals surface area (Å²) in [7, 11) is 0. The van der Waals surface area contributed by atoms with E-state index in [-0.39, 0.29) is 11.3 Å². The molecule has 1 unspecified atom stereocenters. The van der Waals surface area contributed by atoms with Crippen LogP contribution in [0.2, 0.25) is 0 Å². The van der Waals surface area contributed by atoms with E-state index >= 15 is 0 Å². The summed E-state index contributed by atoms with van der Waals surface area (Å²) in [5.41, 5.74) is 4.72. The Balaban J connectivity index is 1.84. The monoisotopic (exact) mass is 326 g/mol. The third kappa shape index (κ3) is 2.84. The van der Waals surface area contributed by atoms with Crippen molar-refractivity contribution in [3.05, 3.63) is 35.4 Å². The van der Waals surface area contributed by atoms with Gasteiger partial charge in [0.25, 0.3) is 0 Å². The van der Waals surface area contributed by atoms with E-state index in [2.05, 4.69) is 0 Å². The highest BCUT2D eigenvalue weighted by atomic mass is 19.4. The van der Waals surface area contributed by atoms with Crippen molar-refractivity contribution in [3.8, 4) is 0 Å². The summed E-state index contributed by atoms with van der Waals surface area (Å²) in [5.74, 6) is -0.0472. The smallest absolute Gasteiger partial charge is 0.341 e. The molecule has 2 N–H and O–H groups in total. The standard InChI is InChI=1S/C17H21F3N2O/c1-15(10-21)7-8-22(11-15)14(23)16(5-6-16)12-3-2-4-13(9-12)17(18,19)20/h2-4,9H,5-8,10-11,21H2,1H3. The largest absolute Gasteiger partial charge is 0.416 e. The average Bonchev–Trinajstić information content (AvgIpc) is 3.23. The Hall–Kier alpha value is -1.56. The van der Waals surface area contributed by atoms with E-state index in [1.165, 1.54) is 6.07 Å². The molecular weight excluding hydrogens is 305 g/mol. The molecule has 23 heavy (non-hydrogen) atoms. The summed E-state index contributed by atoms with van der Waals surface area (Å²) in [5, 5.41) is 0. The van der Waals surface area contributed by atoms with Crippen molar-refractivity contribution in [1.29, 1.82) is 0 Å². The number of alkyl halides is 3. The van der Waals surface area contributed by atoms with Crippen LogP contribution in [-0.2, 0) is 16.4 Å². The molecule has 2 aliphatic rings. The predicted octanol–water partition coefficient (Wildman–Crippen LogP) is 2.93. The molecule has 2 fully saturated rings. The molecule has 1 aliphatic heterocycles. The van der Waals surface area contributed by atoms with E-state index < -0.39 is 17.2 Å². The van der Waals surface area contributed by atoms with Crippen LogP contribution in [0.25, 0.3) is 0 Å². The van der Waals surface area contributed by atoms with Gasteiger partial charge in [-0.3, -0.25) is 4.79 Å². The van der Waals surface area contributed by atoms with Crippen molar-refractivity contribution in [1.82, 2.24) is 4.90 Å². The summed E-state index contributed by atoms with van der Waals surface area (Å²) < 4.78 is 38.8. The maximum absolute atomic E-state index is 12.9. The number of nitrogens with zero attached hydrogens (tertiary/aromatic N) is 1. The van der Waals surface area contributed by atoms with Crippen molar-refractivity contribution in [2.24, 2.45) is 11.1 Å². The van der Waals surface area contributed by atoms with Gasteiger partial charge in [0.2, 0.25) is 5.91 Å². The van der Waals surface area contributed by atoms with Crippen LogP contribution in [0, 0.1) is 5.41 Å². The van der Waals surface area contributed by atoms with Crippen molar-refractivity contribution >= 4 is 5.91 Å². The third-order valence-corrected chi connectivity index (χ3v) is 5.24. The van der Waals surface area contributed by atoms with Gasteiger partial charge in [-0.05, 0) is 42.9 Å². The van der Waals surface area contributed by atoms with Crippen LogP contribution < -0.4 is 5.73 Å². The summed E-state index contributed by atoms with van der Waals surface area (Å²) in [6.45, 7) is 3.77. The highest BCUT2D eigenvalue weighted by molar-refractivity contribution is 5.91. The second kappa shape index (κ2) is 5.23. The number of hydrogen-bond acceptors (Lipinski definition) is 2. The highest BCUT2D eigenvalue weighted by Gasteiger charge is 2.54. The normalized spacial score (nSPS) is 26.4. The molecule has 1 saturated heterocycles. The molecule has 1 heterocycles. The molecule has 6 heteroatoms. The molecule has 3 rings (SSSR count). The van der Waals surface area contributed by atoms with Gasteiger partial charge in [-0.1, -0.05) is 25.1 Å². The van der Waals surface area contributed by atoms with Gasteiger partial charge >= 0.3 is 6.18 Å². The molecule has 1 amide bonds.